The molecule has 0 aliphatic rings. The average molecular weight is 286 g/mol. The molecule has 2 atom stereocenters. The van der Waals surface area contributed by atoms with Gasteiger partial charge >= 0.3 is 13.3 Å². The van der Waals surface area contributed by atoms with Crippen LogP contribution in [0, 0.1) is 0 Å². The molecule has 0 fully saturated rings. The van der Waals surface area contributed by atoms with Crippen LogP contribution in [-0.2, 0) is 23.4 Å². The predicted molar refractivity (Wildman–Crippen MR) is 63.4 cm³/mol. The minimum atomic E-state index is -4.33. The first-order valence-electron chi connectivity index (χ1n) is 5.67. The van der Waals surface area contributed by atoms with Crippen molar-refractivity contribution in [3.05, 3.63) is 0 Å². The molecule has 2 unspecified atom stereocenters. The first kappa shape index (κ1) is 17.5. The van der Waals surface area contributed by atoms with E-state index in [0.29, 0.717) is 6.92 Å². The van der Waals surface area contributed by atoms with Crippen molar-refractivity contribution in [2.24, 2.45) is 0 Å². The minimum absolute atomic E-state index is 0.0947. The molecule has 0 spiro atoms. The number of aliphatic carboxylic acids is 1. The normalized spacial score (nSPS) is 18.3. The lowest BCUT2D eigenvalue weighted by atomic mass is 10.4. The fourth-order valence-electron chi connectivity index (χ4n) is 1.23. The van der Waals surface area contributed by atoms with Crippen LogP contribution >= 0.6 is 7.37 Å². The Bertz CT molecular complexity index is 313. The van der Waals surface area contributed by atoms with Crippen molar-refractivity contribution in [3.8, 4) is 0 Å². The highest BCUT2D eigenvalue weighted by atomic mass is 31.2. The molecule has 0 saturated heterocycles. The van der Waals surface area contributed by atoms with Gasteiger partial charge in [-0.15, -0.1) is 0 Å². The molecule has 0 amide bonds. The molecular formula is C10H20FO6P. The third kappa shape index (κ3) is 3.51. The maximum Gasteiger partial charge on any atom is 0.351 e. The molecule has 18 heavy (non-hydrogen) atoms. The van der Waals surface area contributed by atoms with E-state index < -0.39 is 24.8 Å². The number of carboxylic acids is 1. The van der Waals surface area contributed by atoms with E-state index >= 15 is 0 Å². The second-order valence-electron chi connectivity index (χ2n) is 3.49. The van der Waals surface area contributed by atoms with Crippen LogP contribution in [0.3, 0.4) is 0 Å². The van der Waals surface area contributed by atoms with Crippen LogP contribution in [0.2, 0.25) is 0 Å². The number of rotatable bonds is 9. The number of hydrogen-bond donors (Lipinski definition) is 1. The van der Waals surface area contributed by atoms with Gasteiger partial charge in [0.1, 0.15) is 0 Å². The van der Waals surface area contributed by atoms with Crippen LogP contribution in [0.25, 0.3) is 0 Å². The van der Waals surface area contributed by atoms with Gasteiger partial charge in [0, 0.05) is 13.2 Å². The predicted octanol–water partition coefficient (Wildman–Crippen LogP) is 2.43. The van der Waals surface area contributed by atoms with E-state index in [2.05, 4.69) is 0 Å². The zero-order valence-corrected chi connectivity index (χ0v) is 11.9. The van der Waals surface area contributed by atoms with Crippen molar-refractivity contribution in [3.63, 3.8) is 0 Å². The minimum Gasteiger partial charge on any atom is -0.478 e. The second kappa shape index (κ2) is 7.19. The molecule has 0 aliphatic heterocycles. The molecule has 0 rings (SSSR count). The molecule has 0 aromatic rings. The number of carboxylic acid groups (broad SMARTS) is 1. The Labute approximate surface area is 106 Å². The highest BCUT2D eigenvalue weighted by Crippen LogP contribution is 2.64. The number of ether oxygens (including phenoxy) is 2. The largest absolute Gasteiger partial charge is 0.478 e. The number of carbonyl (C=O) groups is 1. The lowest BCUT2D eigenvalue weighted by molar-refractivity contribution is -0.146. The Balaban J connectivity index is 5.46. The average Bonchev–Trinajstić information content (AvgIpc) is 2.28. The van der Waals surface area contributed by atoms with Crippen LogP contribution in [0.15, 0.2) is 0 Å². The molecule has 0 aromatic carbocycles. The van der Waals surface area contributed by atoms with Crippen molar-refractivity contribution in [1.29, 1.82) is 0 Å². The van der Waals surface area contributed by atoms with Crippen LogP contribution in [0.4, 0.5) is 4.39 Å². The van der Waals surface area contributed by atoms with Gasteiger partial charge in [0.05, 0.1) is 6.61 Å². The lowest BCUT2D eigenvalue weighted by Gasteiger charge is -2.32. The summed E-state index contributed by atoms with van der Waals surface area (Å²) in [5.74, 6) is -1.87. The summed E-state index contributed by atoms with van der Waals surface area (Å²) in [5, 5.41) is 5.78. The van der Waals surface area contributed by atoms with Crippen LogP contribution in [0.5, 0.6) is 0 Å². The second-order valence-corrected chi connectivity index (χ2v) is 6.20. The zero-order valence-electron chi connectivity index (χ0n) is 11.0. The summed E-state index contributed by atoms with van der Waals surface area (Å²) in [7, 11) is -4.33. The molecule has 8 heteroatoms. The van der Waals surface area contributed by atoms with Crippen molar-refractivity contribution in [2.45, 2.75) is 39.1 Å². The van der Waals surface area contributed by atoms with Crippen molar-refractivity contribution < 1.29 is 32.9 Å². The third-order valence-electron chi connectivity index (χ3n) is 2.19. The van der Waals surface area contributed by atoms with Crippen molar-refractivity contribution in [2.75, 3.05) is 19.8 Å². The fourth-order valence-corrected chi connectivity index (χ4v) is 3.34. The van der Waals surface area contributed by atoms with E-state index in [4.69, 9.17) is 19.1 Å². The molecule has 0 aromatic heterocycles. The van der Waals surface area contributed by atoms with Crippen LogP contribution < -0.4 is 0 Å². The number of alkyl halides is 1. The van der Waals surface area contributed by atoms with Crippen molar-refractivity contribution >= 4 is 13.3 Å². The van der Waals surface area contributed by atoms with Gasteiger partial charge in [-0.2, -0.15) is 0 Å². The van der Waals surface area contributed by atoms with Gasteiger partial charge in [0.15, 0.2) is 0 Å². The van der Waals surface area contributed by atoms with Gasteiger partial charge in [0.2, 0.25) is 6.03 Å². The fraction of sp³-hybridized carbons (Fsp3) is 0.900. The quantitative estimate of drug-likeness (QED) is 0.518. The summed E-state index contributed by atoms with van der Waals surface area (Å²) < 4.78 is 41.6. The Kier molecular flexibility index (Phi) is 6.99. The summed E-state index contributed by atoms with van der Waals surface area (Å²) in [5.41, 5.74) is 0. The lowest BCUT2D eigenvalue weighted by Crippen LogP contribution is -2.37. The molecule has 0 radical (unpaired) electrons. The van der Waals surface area contributed by atoms with E-state index in [1.165, 1.54) is 6.92 Å². The molecule has 0 bridgehead atoms. The monoisotopic (exact) mass is 286 g/mol. The van der Waals surface area contributed by atoms with Gasteiger partial charge in [-0.05, 0) is 27.7 Å². The van der Waals surface area contributed by atoms with Gasteiger partial charge in [0.25, 0.3) is 5.41 Å². The molecular weight excluding hydrogens is 266 g/mol. The molecule has 1 N–H and O–H groups in total. The Morgan fingerprint density at radius 2 is 1.72 bits per heavy atom. The van der Waals surface area contributed by atoms with E-state index in [9.17, 15) is 13.8 Å². The topological polar surface area (TPSA) is 82.1 Å². The maximum atomic E-state index is 14.2. The number of hydrogen-bond acceptors (Lipinski definition) is 5. The van der Waals surface area contributed by atoms with E-state index in [1.54, 1.807) is 13.8 Å². The molecule has 108 valence electrons. The summed E-state index contributed by atoms with van der Waals surface area (Å²) in [6, 6.07) is -1.53. The third-order valence-corrected chi connectivity index (χ3v) is 5.05. The summed E-state index contributed by atoms with van der Waals surface area (Å²) in [6.45, 7) is 5.45. The Hall–Kier alpha value is -0.490. The molecule has 0 heterocycles. The highest BCUT2D eigenvalue weighted by molar-refractivity contribution is 7.61. The maximum absolute atomic E-state index is 14.2. The smallest absolute Gasteiger partial charge is 0.351 e. The van der Waals surface area contributed by atoms with Gasteiger partial charge in [-0.25, -0.2) is 9.18 Å². The van der Waals surface area contributed by atoms with Gasteiger partial charge in [-0.3, -0.25) is 4.57 Å². The Morgan fingerprint density at radius 1 is 1.28 bits per heavy atom. The van der Waals surface area contributed by atoms with Crippen LogP contribution in [-0.4, -0.2) is 42.3 Å². The summed E-state index contributed by atoms with van der Waals surface area (Å²) in [6.07, 6.45) is 0. The first-order valence-corrected chi connectivity index (χ1v) is 7.37. The van der Waals surface area contributed by atoms with Crippen molar-refractivity contribution in [1.82, 2.24) is 0 Å². The standard InChI is InChI=1S/C10H20FO6P/c1-5-15-9(16-6-2)18(14,17-7-3)10(4,11)8(12)13/h9H,5-7H2,1-4H3,(H,12,13). The Morgan fingerprint density at radius 3 is 2.00 bits per heavy atom. The van der Waals surface area contributed by atoms with E-state index in [1.807, 2.05) is 0 Å². The summed E-state index contributed by atoms with van der Waals surface area (Å²) >= 11 is 0. The van der Waals surface area contributed by atoms with E-state index in [0.717, 1.165) is 0 Å². The first-order chi connectivity index (χ1) is 8.27. The number of halogens is 1. The SMILES string of the molecule is CCOC(OCC)P(=O)(OCC)C(C)(F)C(=O)O. The zero-order chi connectivity index (χ0) is 14.4. The van der Waals surface area contributed by atoms with Gasteiger partial charge < -0.3 is 19.1 Å². The molecule has 6 nitrogen and oxygen atoms in total. The van der Waals surface area contributed by atoms with Crippen LogP contribution in [0.1, 0.15) is 27.7 Å². The van der Waals surface area contributed by atoms with E-state index in [-0.39, 0.29) is 19.8 Å². The molecule has 0 saturated carbocycles. The molecule has 0 aliphatic carbocycles. The highest BCUT2D eigenvalue weighted by Gasteiger charge is 2.58. The van der Waals surface area contributed by atoms with Gasteiger partial charge in [-0.1, -0.05) is 0 Å². The summed E-state index contributed by atoms with van der Waals surface area (Å²) in [4.78, 5) is 10.9.